The molecule has 0 atom stereocenters. The van der Waals surface area contributed by atoms with Crippen LogP contribution in [0.25, 0.3) is 0 Å². The summed E-state index contributed by atoms with van der Waals surface area (Å²) in [5.74, 6) is 1.50. The first-order valence-corrected chi connectivity index (χ1v) is 8.04. The van der Waals surface area contributed by atoms with E-state index >= 15 is 0 Å². The Balaban J connectivity index is 2.49. The van der Waals surface area contributed by atoms with Gasteiger partial charge in [-0.25, -0.2) is 0 Å². The highest BCUT2D eigenvalue weighted by Crippen LogP contribution is 2.23. The summed E-state index contributed by atoms with van der Waals surface area (Å²) in [6.07, 6.45) is 0.820. The van der Waals surface area contributed by atoms with Crippen LogP contribution in [0.1, 0.15) is 51.2 Å². The van der Waals surface area contributed by atoms with E-state index in [-0.39, 0.29) is 6.61 Å². The summed E-state index contributed by atoms with van der Waals surface area (Å²) in [5.41, 5.74) is 2.68. The van der Waals surface area contributed by atoms with Crippen LogP contribution in [0.5, 0.6) is 5.75 Å². The second-order valence-electron chi connectivity index (χ2n) is 6.23. The maximum atomic E-state index is 8.94. The molecule has 0 radical (unpaired) electrons. The van der Waals surface area contributed by atoms with E-state index in [0.717, 1.165) is 25.3 Å². The molecule has 0 unspecified atom stereocenters. The lowest BCUT2D eigenvalue weighted by atomic mass is 9.98. The first-order valence-electron chi connectivity index (χ1n) is 8.04. The fraction of sp³-hybridized carbons (Fsp3) is 0.667. The van der Waals surface area contributed by atoms with Gasteiger partial charge in [0.25, 0.3) is 0 Å². The fourth-order valence-electron chi connectivity index (χ4n) is 2.57. The van der Waals surface area contributed by atoms with Gasteiger partial charge in [-0.3, -0.25) is 4.90 Å². The van der Waals surface area contributed by atoms with Crippen molar-refractivity contribution in [1.82, 2.24) is 4.90 Å². The number of ether oxygens (including phenoxy) is 1. The van der Waals surface area contributed by atoms with Crippen molar-refractivity contribution in [1.29, 1.82) is 0 Å². The van der Waals surface area contributed by atoms with Crippen LogP contribution in [0, 0.1) is 6.92 Å². The zero-order valence-electron chi connectivity index (χ0n) is 14.2. The number of benzene rings is 1. The Hall–Kier alpha value is -1.06. The molecular weight excluding hydrogens is 262 g/mol. The van der Waals surface area contributed by atoms with Crippen molar-refractivity contribution in [2.24, 2.45) is 0 Å². The highest BCUT2D eigenvalue weighted by Gasteiger charge is 2.09. The molecule has 0 saturated carbocycles. The van der Waals surface area contributed by atoms with Gasteiger partial charge < -0.3 is 9.84 Å². The summed E-state index contributed by atoms with van der Waals surface area (Å²) >= 11 is 0. The van der Waals surface area contributed by atoms with E-state index < -0.39 is 0 Å². The van der Waals surface area contributed by atoms with Gasteiger partial charge in [-0.1, -0.05) is 19.9 Å². The van der Waals surface area contributed by atoms with E-state index in [0.29, 0.717) is 18.6 Å². The summed E-state index contributed by atoms with van der Waals surface area (Å²) in [7, 11) is 0. The van der Waals surface area contributed by atoms with Gasteiger partial charge in [0.05, 0.1) is 0 Å². The predicted molar refractivity (Wildman–Crippen MR) is 89.2 cm³/mol. The van der Waals surface area contributed by atoms with Gasteiger partial charge in [0, 0.05) is 25.7 Å². The molecule has 1 N–H and O–H groups in total. The first-order chi connectivity index (χ1) is 9.95. The average molecular weight is 293 g/mol. The number of aryl methyl sites for hydroxylation is 1. The largest absolute Gasteiger partial charge is 0.492 e. The molecule has 0 fully saturated rings. The summed E-state index contributed by atoms with van der Waals surface area (Å²) < 4.78 is 5.88. The zero-order chi connectivity index (χ0) is 15.8. The van der Waals surface area contributed by atoms with Crippen LogP contribution in [0.4, 0.5) is 0 Å². The summed E-state index contributed by atoms with van der Waals surface area (Å²) in [4.78, 5) is 2.34. The molecule has 0 aromatic heterocycles. The van der Waals surface area contributed by atoms with Gasteiger partial charge in [-0.2, -0.15) is 0 Å². The molecular formula is C18H31NO2. The molecule has 1 aromatic rings. The minimum atomic E-state index is 0.250. The fourth-order valence-corrected chi connectivity index (χ4v) is 2.57. The SMILES string of the molecule is Cc1cc(OCCN(CCCO)C(C)C)ccc1C(C)C. The molecule has 0 amide bonds. The van der Waals surface area contributed by atoms with Gasteiger partial charge in [0.1, 0.15) is 12.4 Å². The molecule has 0 saturated heterocycles. The summed E-state index contributed by atoms with van der Waals surface area (Å²) in [6, 6.07) is 6.84. The molecule has 0 heterocycles. The smallest absolute Gasteiger partial charge is 0.119 e. The molecule has 3 nitrogen and oxygen atoms in total. The van der Waals surface area contributed by atoms with Gasteiger partial charge in [-0.15, -0.1) is 0 Å². The maximum Gasteiger partial charge on any atom is 0.119 e. The lowest BCUT2D eigenvalue weighted by Gasteiger charge is -2.26. The molecule has 0 aliphatic heterocycles. The Labute approximate surface area is 129 Å². The normalized spacial score (nSPS) is 11.7. The highest BCUT2D eigenvalue weighted by molar-refractivity contribution is 5.36. The van der Waals surface area contributed by atoms with Crippen LogP contribution < -0.4 is 4.74 Å². The lowest BCUT2D eigenvalue weighted by molar-refractivity contribution is 0.160. The van der Waals surface area contributed by atoms with Crippen molar-refractivity contribution >= 4 is 0 Å². The lowest BCUT2D eigenvalue weighted by Crippen LogP contribution is -2.35. The standard InChI is InChI=1S/C18H31NO2/c1-14(2)18-8-7-17(13-16(18)5)21-12-10-19(15(3)4)9-6-11-20/h7-8,13-15,20H,6,9-12H2,1-5H3. The van der Waals surface area contributed by atoms with E-state index in [4.69, 9.17) is 9.84 Å². The Morgan fingerprint density at radius 2 is 1.86 bits per heavy atom. The molecule has 1 rings (SSSR count). The Morgan fingerprint density at radius 3 is 2.38 bits per heavy atom. The molecule has 3 heteroatoms. The molecule has 1 aromatic carbocycles. The van der Waals surface area contributed by atoms with E-state index in [1.165, 1.54) is 11.1 Å². The number of nitrogens with zero attached hydrogens (tertiary/aromatic N) is 1. The van der Waals surface area contributed by atoms with Crippen LogP contribution in [-0.2, 0) is 0 Å². The van der Waals surface area contributed by atoms with Crippen LogP contribution in [0.15, 0.2) is 18.2 Å². The monoisotopic (exact) mass is 293 g/mol. The maximum absolute atomic E-state index is 8.94. The average Bonchev–Trinajstić information content (AvgIpc) is 2.41. The third-order valence-electron chi connectivity index (χ3n) is 3.84. The van der Waals surface area contributed by atoms with E-state index in [1.807, 2.05) is 0 Å². The number of hydrogen-bond donors (Lipinski definition) is 1. The summed E-state index contributed by atoms with van der Waals surface area (Å²) in [6.45, 7) is 13.7. The Kier molecular flexibility index (Phi) is 7.76. The van der Waals surface area contributed by atoms with Crippen LogP contribution >= 0.6 is 0 Å². The quantitative estimate of drug-likeness (QED) is 0.755. The second kappa shape index (κ2) is 9.06. The molecule has 0 aliphatic carbocycles. The van der Waals surface area contributed by atoms with Gasteiger partial charge in [0.15, 0.2) is 0 Å². The molecule has 120 valence electrons. The predicted octanol–water partition coefficient (Wildman–Crippen LogP) is 3.59. The van der Waals surface area contributed by atoms with Crippen LogP contribution in [0.2, 0.25) is 0 Å². The Morgan fingerprint density at radius 1 is 1.14 bits per heavy atom. The minimum absolute atomic E-state index is 0.250. The molecule has 0 bridgehead atoms. The van der Waals surface area contributed by atoms with Gasteiger partial charge >= 0.3 is 0 Å². The number of hydrogen-bond acceptors (Lipinski definition) is 3. The van der Waals surface area contributed by atoms with E-state index in [1.54, 1.807) is 0 Å². The van der Waals surface area contributed by atoms with Crippen molar-refractivity contribution in [3.8, 4) is 5.75 Å². The Bertz CT molecular complexity index is 416. The zero-order valence-corrected chi connectivity index (χ0v) is 14.2. The van der Waals surface area contributed by atoms with Crippen molar-refractivity contribution in [3.63, 3.8) is 0 Å². The summed E-state index contributed by atoms with van der Waals surface area (Å²) in [5, 5.41) is 8.94. The topological polar surface area (TPSA) is 32.7 Å². The number of aliphatic hydroxyl groups excluding tert-OH is 1. The van der Waals surface area contributed by atoms with Crippen molar-refractivity contribution in [2.75, 3.05) is 26.3 Å². The van der Waals surface area contributed by atoms with Crippen molar-refractivity contribution in [3.05, 3.63) is 29.3 Å². The first kappa shape index (κ1) is 18.0. The third-order valence-corrected chi connectivity index (χ3v) is 3.84. The van der Waals surface area contributed by atoms with Crippen LogP contribution in [-0.4, -0.2) is 42.4 Å². The number of aliphatic hydroxyl groups is 1. The minimum Gasteiger partial charge on any atom is -0.492 e. The van der Waals surface area contributed by atoms with E-state index in [2.05, 4.69) is 57.7 Å². The van der Waals surface area contributed by atoms with Gasteiger partial charge in [-0.05, 0) is 56.4 Å². The number of rotatable bonds is 9. The van der Waals surface area contributed by atoms with Crippen molar-refractivity contribution < 1.29 is 9.84 Å². The third kappa shape index (κ3) is 6.06. The second-order valence-corrected chi connectivity index (χ2v) is 6.23. The van der Waals surface area contributed by atoms with Gasteiger partial charge in [0.2, 0.25) is 0 Å². The van der Waals surface area contributed by atoms with Crippen LogP contribution in [0.3, 0.4) is 0 Å². The highest BCUT2D eigenvalue weighted by atomic mass is 16.5. The van der Waals surface area contributed by atoms with E-state index in [9.17, 15) is 0 Å². The van der Waals surface area contributed by atoms with Crippen molar-refractivity contribution in [2.45, 2.75) is 53.0 Å². The molecule has 0 spiro atoms. The molecule has 21 heavy (non-hydrogen) atoms. The molecule has 0 aliphatic rings.